The van der Waals surface area contributed by atoms with Crippen molar-refractivity contribution in [2.75, 3.05) is 18.5 Å². The second-order valence-corrected chi connectivity index (χ2v) is 4.84. The highest BCUT2D eigenvalue weighted by Gasteiger charge is 2.19. The molecule has 0 saturated carbocycles. The van der Waals surface area contributed by atoms with Crippen molar-refractivity contribution < 1.29 is 4.79 Å². The highest BCUT2D eigenvalue weighted by molar-refractivity contribution is 5.94. The maximum Gasteiger partial charge on any atom is 0.230 e. The van der Waals surface area contributed by atoms with Gasteiger partial charge in [-0.2, -0.15) is 0 Å². The molecule has 92 valence electrons. The Hall–Kier alpha value is -1.35. The number of fused-ring (bicyclic) bond motifs is 1. The molecule has 3 heteroatoms. The van der Waals surface area contributed by atoms with Gasteiger partial charge >= 0.3 is 0 Å². The molecule has 17 heavy (non-hydrogen) atoms. The molecule has 0 aliphatic heterocycles. The quantitative estimate of drug-likeness (QED) is 0.862. The molecule has 1 aliphatic rings. The molecular formula is C14H20N2O. The lowest BCUT2D eigenvalue weighted by Crippen LogP contribution is -2.35. The van der Waals surface area contributed by atoms with Crippen molar-refractivity contribution in [3.63, 3.8) is 0 Å². The molecule has 1 aromatic rings. The average molecular weight is 232 g/mol. The first-order valence-corrected chi connectivity index (χ1v) is 6.23. The third-order valence-corrected chi connectivity index (χ3v) is 3.58. The van der Waals surface area contributed by atoms with Crippen LogP contribution in [0.3, 0.4) is 0 Å². The summed E-state index contributed by atoms with van der Waals surface area (Å²) in [5.74, 6) is -0.0290. The lowest BCUT2D eigenvalue weighted by molar-refractivity contribution is -0.121. The van der Waals surface area contributed by atoms with Crippen molar-refractivity contribution in [1.82, 2.24) is 0 Å². The number of carbonyl (C=O) groups excluding carboxylic acids is 1. The summed E-state index contributed by atoms with van der Waals surface area (Å²) in [4.78, 5) is 13.7. The number of nitrogens with zero attached hydrogens (tertiary/aromatic N) is 1. The van der Waals surface area contributed by atoms with Crippen molar-refractivity contribution in [2.45, 2.75) is 26.2 Å². The largest absolute Gasteiger partial charge is 0.330 e. The molecule has 0 radical (unpaired) electrons. The fourth-order valence-corrected chi connectivity index (χ4v) is 2.33. The Bertz CT molecular complexity index is 428. The van der Waals surface area contributed by atoms with Crippen LogP contribution in [0.2, 0.25) is 0 Å². The average Bonchev–Trinajstić information content (AvgIpc) is 2.83. The minimum absolute atomic E-state index is 0.0884. The fraction of sp³-hybridized carbons (Fsp3) is 0.500. The minimum atomic E-state index is -0.117. The zero-order valence-electron chi connectivity index (χ0n) is 10.6. The van der Waals surface area contributed by atoms with Gasteiger partial charge in [-0.25, -0.2) is 0 Å². The van der Waals surface area contributed by atoms with Crippen LogP contribution in [0.1, 0.15) is 24.5 Å². The van der Waals surface area contributed by atoms with Gasteiger partial charge in [0.15, 0.2) is 0 Å². The summed E-state index contributed by atoms with van der Waals surface area (Å²) in [6, 6.07) is 6.32. The fourth-order valence-electron chi connectivity index (χ4n) is 2.33. The summed E-state index contributed by atoms with van der Waals surface area (Å²) in [5, 5.41) is 0. The van der Waals surface area contributed by atoms with Crippen molar-refractivity contribution in [3.05, 3.63) is 29.3 Å². The predicted molar refractivity (Wildman–Crippen MR) is 70.1 cm³/mol. The van der Waals surface area contributed by atoms with E-state index in [4.69, 9.17) is 5.73 Å². The van der Waals surface area contributed by atoms with E-state index < -0.39 is 0 Å². The number of hydrogen-bond donors (Lipinski definition) is 1. The van der Waals surface area contributed by atoms with Gasteiger partial charge < -0.3 is 10.6 Å². The van der Waals surface area contributed by atoms with E-state index in [0.717, 1.165) is 12.1 Å². The van der Waals surface area contributed by atoms with E-state index in [1.54, 1.807) is 4.90 Å². The normalized spacial score (nSPS) is 15.5. The molecule has 1 atom stereocenters. The summed E-state index contributed by atoms with van der Waals surface area (Å²) in [6.45, 7) is 2.26. The summed E-state index contributed by atoms with van der Waals surface area (Å²) < 4.78 is 0. The van der Waals surface area contributed by atoms with Crippen LogP contribution >= 0.6 is 0 Å². The number of rotatable bonds is 3. The van der Waals surface area contributed by atoms with Crippen molar-refractivity contribution in [3.8, 4) is 0 Å². The van der Waals surface area contributed by atoms with Gasteiger partial charge in [-0.3, -0.25) is 4.79 Å². The molecule has 0 heterocycles. The number of hydrogen-bond acceptors (Lipinski definition) is 2. The lowest BCUT2D eigenvalue weighted by atomic mass is 10.1. The second kappa shape index (κ2) is 4.88. The molecule has 0 aromatic heterocycles. The lowest BCUT2D eigenvalue weighted by Gasteiger charge is -2.21. The molecular weight excluding hydrogens is 212 g/mol. The number of benzene rings is 1. The second-order valence-electron chi connectivity index (χ2n) is 4.84. The van der Waals surface area contributed by atoms with Crippen molar-refractivity contribution in [2.24, 2.45) is 11.7 Å². The summed E-state index contributed by atoms with van der Waals surface area (Å²) in [6.07, 6.45) is 3.54. The van der Waals surface area contributed by atoms with Crippen molar-refractivity contribution in [1.29, 1.82) is 0 Å². The minimum Gasteiger partial charge on any atom is -0.330 e. The monoisotopic (exact) mass is 232 g/mol. The van der Waals surface area contributed by atoms with Gasteiger partial charge in [0.05, 0.1) is 0 Å². The maximum absolute atomic E-state index is 12.0. The number of anilines is 1. The molecule has 1 amide bonds. The summed E-state index contributed by atoms with van der Waals surface area (Å²) >= 11 is 0. The van der Waals surface area contributed by atoms with Gasteiger partial charge in [-0.1, -0.05) is 13.0 Å². The first kappa shape index (κ1) is 12.1. The highest BCUT2D eigenvalue weighted by atomic mass is 16.2. The van der Waals surface area contributed by atoms with E-state index in [1.165, 1.54) is 24.0 Å². The third kappa shape index (κ3) is 2.34. The summed E-state index contributed by atoms with van der Waals surface area (Å²) in [5.41, 5.74) is 9.34. The number of carbonyl (C=O) groups is 1. The number of nitrogens with two attached hydrogens (primary N) is 1. The first-order chi connectivity index (χ1) is 8.13. The van der Waals surface area contributed by atoms with E-state index in [0.29, 0.717) is 6.54 Å². The summed E-state index contributed by atoms with van der Waals surface area (Å²) in [7, 11) is 1.82. The van der Waals surface area contributed by atoms with Gasteiger partial charge in [-0.15, -0.1) is 0 Å². The topological polar surface area (TPSA) is 46.3 Å². The van der Waals surface area contributed by atoms with E-state index in [2.05, 4.69) is 12.1 Å². The maximum atomic E-state index is 12.0. The molecule has 0 saturated heterocycles. The molecule has 0 bridgehead atoms. The Morgan fingerprint density at radius 2 is 2.12 bits per heavy atom. The molecule has 0 fully saturated rings. The molecule has 0 spiro atoms. The van der Waals surface area contributed by atoms with E-state index in [9.17, 15) is 4.79 Å². The molecule has 1 aromatic carbocycles. The van der Waals surface area contributed by atoms with Gasteiger partial charge in [-0.05, 0) is 42.5 Å². The Morgan fingerprint density at radius 3 is 2.82 bits per heavy atom. The zero-order chi connectivity index (χ0) is 12.4. The van der Waals surface area contributed by atoms with Gasteiger partial charge in [0.2, 0.25) is 5.91 Å². The van der Waals surface area contributed by atoms with Crippen LogP contribution in [0, 0.1) is 5.92 Å². The number of amides is 1. The zero-order valence-corrected chi connectivity index (χ0v) is 10.6. The SMILES string of the molecule is CC(CN)C(=O)N(C)c1ccc2c(c1)CCC2. The van der Waals surface area contributed by atoms with Crippen LogP contribution in [-0.4, -0.2) is 19.5 Å². The van der Waals surface area contributed by atoms with Gasteiger partial charge in [0.25, 0.3) is 0 Å². The van der Waals surface area contributed by atoms with Gasteiger partial charge in [0, 0.05) is 25.2 Å². The predicted octanol–water partition coefficient (Wildman–Crippen LogP) is 1.73. The van der Waals surface area contributed by atoms with Crippen LogP contribution < -0.4 is 10.6 Å². The molecule has 3 nitrogen and oxygen atoms in total. The Kier molecular flexibility index (Phi) is 3.48. The Labute approximate surface area is 103 Å². The van der Waals surface area contributed by atoms with Crippen LogP contribution in [0.25, 0.3) is 0 Å². The third-order valence-electron chi connectivity index (χ3n) is 3.58. The van der Waals surface area contributed by atoms with Crippen molar-refractivity contribution >= 4 is 11.6 Å². The highest BCUT2D eigenvalue weighted by Crippen LogP contribution is 2.26. The Balaban J connectivity index is 2.20. The first-order valence-electron chi connectivity index (χ1n) is 6.23. The smallest absolute Gasteiger partial charge is 0.230 e. The molecule has 2 rings (SSSR count). The van der Waals surface area contributed by atoms with Crippen LogP contribution in [-0.2, 0) is 17.6 Å². The number of aryl methyl sites for hydroxylation is 2. The van der Waals surface area contributed by atoms with E-state index >= 15 is 0 Å². The van der Waals surface area contributed by atoms with E-state index in [-0.39, 0.29) is 11.8 Å². The van der Waals surface area contributed by atoms with Crippen LogP contribution in [0.5, 0.6) is 0 Å². The standard InChI is InChI=1S/C14H20N2O/c1-10(9-15)14(17)16(2)13-7-6-11-4-3-5-12(11)8-13/h6-8,10H,3-5,9,15H2,1-2H3. The molecule has 2 N–H and O–H groups in total. The molecule has 1 unspecified atom stereocenters. The van der Waals surface area contributed by atoms with Gasteiger partial charge in [0.1, 0.15) is 0 Å². The Morgan fingerprint density at radius 1 is 1.41 bits per heavy atom. The van der Waals surface area contributed by atoms with E-state index in [1.807, 2.05) is 20.0 Å². The molecule has 1 aliphatic carbocycles. The van der Waals surface area contributed by atoms with Crippen LogP contribution in [0.15, 0.2) is 18.2 Å². The van der Waals surface area contributed by atoms with Crippen LogP contribution in [0.4, 0.5) is 5.69 Å².